The van der Waals surface area contributed by atoms with Gasteiger partial charge in [0, 0.05) is 12.6 Å². The molecular weight excluding hydrogens is 279 g/mol. The van der Waals surface area contributed by atoms with Crippen molar-refractivity contribution in [3.05, 3.63) is 29.6 Å². The van der Waals surface area contributed by atoms with Crippen molar-refractivity contribution < 1.29 is 23.5 Å². The van der Waals surface area contributed by atoms with Gasteiger partial charge in [0.1, 0.15) is 17.5 Å². The van der Waals surface area contributed by atoms with Gasteiger partial charge in [0.2, 0.25) is 0 Å². The second-order valence-electron chi connectivity index (χ2n) is 5.33. The van der Waals surface area contributed by atoms with Gasteiger partial charge >= 0.3 is 12.0 Å². The molecule has 1 N–H and O–H groups in total. The first-order chi connectivity index (χ1) is 9.88. The van der Waals surface area contributed by atoms with Crippen molar-refractivity contribution in [1.82, 2.24) is 10.2 Å². The number of esters is 1. The summed E-state index contributed by atoms with van der Waals surface area (Å²) < 4.78 is 24.2. The third kappa shape index (κ3) is 1.76. The summed E-state index contributed by atoms with van der Waals surface area (Å²) in [4.78, 5) is 25.5. The highest BCUT2D eigenvalue weighted by atomic mass is 19.1. The maximum absolute atomic E-state index is 13.5. The smallest absolute Gasteiger partial charge is 0.320 e. The number of hydrogen-bond donors (Lipinski definition) is 1. The van der Waals surface area contributed by atoms with E-state index in [1.54, 1.807) is 6.92 Å². The summed E-state index contributed by atoms with van der Waals surface area (Å²) in [5, 5.41) is 2.71. The highest BCUT2D eigenvalue weighted by Crippen LogP contribution is 2.48. The zero-order valence-corrected chi connectivity index (χ0v) is 11.8. The first kappa shape index (κ1) is 13.7. The molecule has 2 heterocycles. The van der Waals surface area contributed by atoms with E-state index in [9.17, 15) is 14.0 Å². The van der Waals surface area contributed by atoms with E-state index in [1.807, 2.05) is 0 Å². The number of amides is 2. The normalized spacial score (nSPS) is 30.1. The van der Waals surface area contributed by atoms with Crippen LogP contribution in [0.25, 0.3) is 0 Å². The number of carbonyl (C=O) groups excluding carboxylic acids is 2. The minimum Gasteiger partial charge on any atom is -0.469 e. The molecule has 2 bridgehead atoms. The lowest BCUT2D eigenvalue weighted by Gasteiger charge is -2.53. The van der Waals surface area contributed by atoms with Crippen molar-refractivity contribution in [2.24, 2.45) is 5.92 Å². The Morgan fingerprint density at radius 2 is 2.24 bits per heavy atom. The Hall–Kier alpha value is -2.31. The predicted octanol–water partition coefficient (Wildman–Crippen LogP) is 1.42. The Morgan fingerprint density at radius 3 is 2.90 bits per heavy atom. The highest BCUT2D eigenvalue weighted by Gasteiger charge is 2.59. The van der Waals surface area contributed by atoms with Crippen molar-refractivity contribution >= 4 is 12.0 Å². The molecular formula is C14H15FN2O4. The molecule has 3 unspecified atom stereocenters. The summed E-state index contributed by atoms with van der Waals surface area (Å²) in [6.07, 6.45) is 0. The summed E-state index contributed by atoms with van der Waals surface area (Å²) in [7, 11) is 2.81. The minimum absolute atomic E-state index is 0.391. The third-order valence-electron chi connectivity index (χ3n) is 4.24. The molecule has 2 aliphatic heterocycles. The van der Waals surface area contributed by atoms with Crippen LogP contribution in [0.5, 0.6) is 5.75 Å². The van der Waals surface area contributed by atoms with E-state index in [4.69, 9.17) is 9.47 Å². The van der Waals surface area contributed by atoms with E-state index >= 15 is 0 Å². The van der Waals surface area contributed by atoms with Crippen molar-refractivity contribution in [2.75, 3.05) is 14.2 Å². The number of rotatable bonds is 1. The first-order valence-electron chi connectivity index (χ1n) is 6.49. The van der Waals surface area contributed by atoms with Crippen molar-refractivity contribution in [3.8, 4) is 5.75 Å². The number of urea groups is 1. The molecule has 1 saturated heterocycles. The van der Waals surface area contributed by atoms with E-state index in [1.165, 1.54) is 37.3 Å². The predicted molar refractivity (Wildman–Crippen MR) is 70.0 cm³/mol. The number of carbonyl (C=O) groups is 2. The summed E-state index contributed by atoms with van der Waals surface area (Å²) in [5.74, 6) is -1.34. The fraction of sp³-hybridized carbons (Fsp3) is 0.429. The molecule has 2 amide bonds. The van der Waals surface area contributed by atoms with Crippen LogP contribution < -0.4 is 10.1 Å². The highest BCUT2D eigenvalue weighted by molar-refractivity contribution is 5.84. The van der Waals surface area contributed by atoms with Gasteiger partial charge in [-0.3, -0.25) is 9.69 Å². The molecule has 112 valence electrons. The monoisotopic (exact) mass is 294 g/mol. The summed E-state index contributed by atoms with van der Waals surface area (Å²) in [6, 6.07) is 2.96. The molecule has 0 aromatic heterocycles. The zero-order valence-electron chi connectivity index (χ0n) is 11.8. The fourth-order valence-electron chi connectivity index (χ4n) is 2.98. The molecule has 3 rings (SSSR count). The topological polar surface area (TPSA) is 67.9 Å². The number of halogens is 1. The van der Waals surface area contributed by atoms with Gasteiger partial charge in [-0.15, -0.1) is 0 Å². The SMILES string of the molecule is COC(=O)C1C2NC(=O)N(C)C1(C)Oc1ccc(F)cc12. The Balaban J connectivity index is 2.19. The number of nitrogens with zero attached hydrogens (tertiary/aromatic N) is 1. The van der Waals surface area contributed by atoms with Crippen molar-refractivity contribution in [1.29, 1.82) is 0 Å². The van der Waals surface area contributed by atoms with Gasteiger partial charge in [0.15, 0.2) is 5.72 Å². The summed E-state index contributed by atoms with van der Waals surface area (Å²) in [5.41, 5.74) is -0.755. The Kier molecular flexibility index (Phi) is 2.82. The molecule has 3 atom stereocenters. The minimum atomic E-state index is -1.19. The molecule has 21 heavy (non-hydrogen) atoms. The second-order valence-corrected chi connectivity index (χ2v) is 5.33. The molecule has 0 saturated carbocycles. The van der Waals surface area contributed by atoms with Crippen LogP contribution >= 0.6 is 0 Å². The fourth-order valence-corrected chi connectivity index (χ4v) is 2.98. The summed E-state index contributed by atoms with van der Waals surface area (Å²) in [6.45, 7) is 1.65. The lowest BCUT2D eigenvalue weighted by Crippen LogP contribution is -2.70. The number of hydrogen-bond acceptors (Lipinski definition) is 4. The standard InChI is InChI=1S/C14H15FN2O4/c1-14-10(12(18)20-3)11(16-13(19)17(14)2)8-6-7(15)4-5-9(8)21-14/h4-6,10-11H,1-3H3,(H,16,19). The number of methoxy groups -OCH3 is 1. The van der Waals surface area contributed by atoms with Crippen LogP contribution in [0.2, 0.25) is 0 Å². The van der Waals surface area contributed by atoms with Gasteiger partial charge in [0.25, 0.3) is 0 Å². The van der Waals surface area contributed by atoms with Crippen LogP contribution in [0, 0.1) is 11.7 Å². The van der Waals surface area contributed by atoms with E-state index < -0.39 is 35.5 Å². The number of ether oxygens (including phenoxy) is 2. The first-order valence-corrected chi connectivity index (χ1v) is 6.49. The molecule has 1 aromatic rings. The van der Waals surface area contributed by atoms with Crippen LogP contribution in [0.3, 0.4) is 0 Å². The molecule has 7 heteroatoms. The van der Waals surface area contributed by atoms with Crippen LogP contribution in [0.15, 0.2) is 18.2 Å². The van der Waals surface area contributed by atoms with Gasteiger partial charge in [0.05, 0.1) is 13.2 Å². The Bertz CT molecular complexity index is 635. The molecule has 1 fully saturated rings. The van der Waals surface area contributed by atoms with Crippen molar-refractivity contribution in [3.63, 3.8) is 0 Å². The van der Waals surface area contributed by atoms with Gasteiger partial charge in [-0.05, 0) is 25.1 Å². The van der Waals surface area contributed by atoms with Crippen LogP contribution in [-0.2, 0) is 9.53 Å². The van der Waals surface area contributed by atoms with Crippen LogP contribution in [0.4, 0.5) is 9.18 Å². The Labute approximate surface area is 120 Å². The molecule has 0 radical (unpaired) electrons. The molecule has 0 spiro atoms. The van der Waals surface area contributed by atoms with E-state index in [2.05, 4.69) is 5.32 Å². The number of fused-ring (bicyclic) bond motifs is 4. The lowest BCUT2D eigenvalue weighted by atomic mass is 9.79. The maximum Gasteiger partial charge on any atom is 0.320 e. The van der Waals surface area contributed by atoms with E-state index in [0.29, 0.717) is 11.3 Å². The number of benzene rings is 1. The molecule has 6 nitrogen and oxygen atoms in total. The third-order valence-corrected chi connectivity index (χ3v) is 4.24. The summed E-state index contributed by atoms with van der Waals surface area (Å²) >= 11 is 0. The van der Waals surface area contributed by atoms with Gasteiger partial charge < -0.3 is 14.8 Å². The zero-order chi connectivity index (χ0) is 15.4. The van der Waals surface area contributed by atoms with Crippen LogP contribution in [-0.4, -0.2) is 36.8 Å². The van der Waals surface area contributed by atoms with Crippen LogP contribution in [0.1, 0.15) is 18.5 Å². The van der Waals surface area contributed by atoms with Gasteiger partial charge in [-0.1, -0.05) is 0 Å². The largest absolute Gasteiger partial charge is 0.469 e. The molecule has 1 aromatic carbocycles. The Morgan fingerprint density at radius 1 is 1.52 bits per heavy atom. The quantitative estimate of drug-likeness (QED) is 0.795. The average Bonchev–Trinajstić information content (AvgIpc) is 2.45. The molecule has 0 aliphatic carbocycles. The van der Waals surface area contributed by atoms with E-state index in [0.717, 1.165) is 0 Å². The van der Waals surface area contributed by atoms with E-state index in [-0.39, 0.29) is 0 Å². The lowest BCUT2D eigenvalue weighted by molar-refractivity contribution is -0.173. The average molecular weight is 294 g/mol. The number of nitrogens with one attached hydrogen (secondary N) is 1. The van der Waals surface area contributed by atoms with Gasteiger partial charge in [-0.2, -0.15) is 0 Å². The second kappa shape index (κ2) is 4.34. The van der Waals surface area contributed by atoms with Crippen molar-refractivity contribution in [2.45, 2.75) is 18.7 Å². The molecule has 2 aliphatic rings. The van der Waals surface area contributed by atoms with Gasteiger partial charge in [-0.25, -0.2) is 9.18 Å². The maximum atomic E-state index is 13.5.